The fourth-order valence-electron chi connectivity index (χ4n) is 12.7. The Bertz CT molecular complexity index is 2160. The standard InChI is InChI=1S/C49H68N2O17/c1-22-11-14-35(66-37-20-47(8,51(60)61)42(27(6)64-37)50-46(59)62-10)23(2)16-32-33(54)17-29(21-52)19-49(32)44(57)38(45(58)68-49)43(56)48(9)31(22)13-12-30-39(48)24(3)15-25(4)40(30)67-36-18-34(55)41(26(5)63-36)65-28(7)53/h11-13,16-17,21,24-27,30-37,39-42,54-56,60-61H,14-15,18-20H2,1-10H3,(H,50,59)/b22-11+,23-16-,43-38?/t24-,25-,26?,27?,30-,31-,32+,33-,34?,35-,36?,37?,39+,40-,41?,42?,47?,48+,49-/m0/s1. The lowest BCUT2D eigenvalue weighted by molar-refractivity contribution is -0.390. The van der Waals surface area contributed by atoms with Crippen molar-refractivity contribution in [1.82, 2.24) is 10.5 Å². The molecule has 1 saturated carbocycles. The van der Waals surface area contributed by atoms with E-state index in [0.29, 0.717) is 18.3 Å². The van der Waals surface area contributed by atoms with Gasteiger partial charge in [-0.05, 0) is 82.4 Å². The fourth-order valence-corrected chi connectivity index (χ4v) is 12.7. The number of aliphatic hydroxyl groups excluding tert-OH is 3. The van der Waals surface area contributed by atoms with Gasteiger partial charge in [0.05, 0.1) is 61.2 Å². The van der Waals surface area contributed by atoms with Crippen molar-refractivity contribution in [3.8, 4) is 0 Å². The first kappa shape index (κ1) is 51.5. The zero-order valence-corrected chi connectivity index (χ0v) is 40.3. The number of allylic oxidation sites excluding steroid dienone is 3. The summed E-state index contributed by atoms with van der Waals surface area (Å²) in [6, 6.07) is -0.975. The summed E-state index contributed by atoms with van der Waals surface area (Å²) in [5.41, 5.74) is -4.39. The highest BCUT2D eigenvalue weighted by Crippen LogP contribution is 2.61. The first-order valence-corrected chi connectivity index (χ1v) is 23.5. The van der Waals surface area contributed by atoms with E-state index < -0.39 is 137 Å². The van der Waals surface area contributed by atoms with Gasteiger partial charge in [-0.3, -0.25) is 24.8 Å². The summed E-state index contributed by atoms with van der Waals surface area (Å²) in [5, 5.41) is 59.5. The lowest BCUT2D eigenvalue weighted by Gasteiger charge is -2.56. The number of alkyl carbamates (subject to hydrolysis) is 1. The van der Waals surface area contributed by atoms with Crippen LogP contribution in [0.3, 0.4) is 0 Å². The third kappa shape index (κ3) is 9.02. The van der Waals surface area contributed by atoms with Gasteiger partial charge in [-0.25, -0.2) is 9.59 Å². The van der Waals surface area contributed by atoms with Crippen molar-refractivity contribution >= 4 is 30.1 Å². The average Bonchev–Trinajstić information content (AvgIpc) is 3.50. The Labute approximate surface area is 396 Å². The van der Waals surface area contributed by atoms with Crippen LogP contribution < -0.4 is 5.32 Å². The number of aliphatic hydroxyl groups is 3. The fraction of sp³-hybridized carbons (Fsp3) is 0.694. The predicted octanol–water partition coefficient (Wildman–Crippen LogP) is 4.46. The summed E-state index contributed by atoms with van der Waals surface area (Å²) in [4.78, 5) is 66.2. The second-order valence-electron chi connectivity index (χ2n) is 20.5. The summed E-state index contributed by atoms with van der Waals surface area (Å²) in [6.07, 6.45) is 0.329. The maximum atomic E-state index is 15.3. The highest BCUT2D eigenvalue weighted by atomic mass is 16.8. The van der Waals surface area contributed by atoms with Gasteiger partial charge in [0, 0.05) is 43.4 Å². The summed E-state index contributed by atoms with van der Waals surface area (Å²) in [7, 11) is 1.18. The molecule has 68 heavy (non-hydrogen) atoms. The molecule has 19 nitrogen and oxygen atoms in total. The van der Waals surface area contributed by atoms with Crippen molar-refractivity contribution in [3.63, 3.8) is 0 Å². The molecule has 376 valence electrons. The SMILES string of the molecule is COC(=O)NC1C(C)OC(O[C@H]2C/C=C(\C)[C@@H]3C=C[C@@H]4[C@@H](OC5CC(O)C(OC(C)=O)C(C)O5)[C@@H](C)C[C@H](C)[C@H]4[C@]3(C)C(O)=C3C(=O)O[C@]4(CC(C=O)=C[C@H](O)[C@H]4/C=C\2C)C3=O)CC1(C)N(O)O. The number of fused-ring (bicyclic) bond motifs is 4. The number of nitrogens with one attached hydrogen (secondary N) is 1. The molecule has 3 heterocycles. The molecule has 6 N–H and O–H groups in total. The van der Waals surface area contributed by atoms with Gasteiger partial charge in [-0.1, -0.05) is 55.9 Å². The maximum absolute atomic E-state index is 15.3. The minimum atomic E-state index is -2.14. The molecule has 3 saturated heterocycles. The van der Waals surface area contributed by atoms with Gasteiger partial charge in [0.15, 0.2) is 24.3 Å². The van der Waals surface area contributed by atoms with Gasteiger partial charge in [-0.15, -0.1) is 0 Å². The van der Waals surface area contributed by atoms with Crippen LogP contribution in [0.1, 0.15) is 94.4 Å². The second kappa shape index (κ2) is 19.5. The summed E-state index contributed by atoms with van der Waals surface area (Å²) in [5.74, 6) is -6.01. The van der Waals surface area contributed by atoms with E-state index in [-0.39, 0.29) is 48.3 Å². The zero-order valence-electron chi connectivity index (χ0n) is 40.3. The van der Waals surface area contributed by atoms with Crippen LogP contribution in [0, 0.1) is 40.9 Å². The van der Waals surface area contributed by atoms with Gasteiger partial charge < -0.3 is 53.8 Å². The number of amides is 1. The van der Waals surface area contributed by atoms with Gasteiger partial charge in [0.1, 0.15) is 17.6 Å². The average molecular weight is 957 g/mol. The monoisotopic (exact) mass is 956 g/mol. The predicted molar refractivity (Wildman–Crippen MR) is 237 cm³/mol. The molecule has 8 unspecified atom stereocenters. The Balaban J connectivity index is 1.33. The molecule has 4 fully saturated rings. The van der Waals surface area contributed by atoms with Crippen molar-refractivity contribution in [3.05, 3.63) is 58.4 Å². The highest BCUT2D eigenvalue weighted by molar-refractivity contribution is 6.26. The number of ether oxygens (including phenoxy) is 7. The van der Waals surface area contributed by atoms with E-state index in [1.54, 1.807) is 26.8 Å². The number of carbonyl (C=O) groups excluding carboxylic acids is 5. The number of hydroxylamine groups is 2. The first-order valence-electron chi connectivity index (χ1n) is 23.5. The number of rotatable bonds is 8. The van der Waals surface area contributed by atoms with Gasteiger partial charge >= 0.3 is 18.0 Å². The Morgan fingerprint density at radius 2 is 1.62 bits per heavy atom. The Morgan fingerprint density at radius 1 is 0.926 bits per heavy atom. The van der Waals surface area contributed by atoms with Crippen LogP contribution in [-0.2, 0) is 52.3 Å². The van der Waals surface area contributed by atoms with Gasteiger partial charge in [-0.2, -0.15) is 0 Å². The molecule has 0 aromatic rings. The number of methoxy groups -OCH3 is 1. The molecule has 19 heteroatoms. The van der Waals surface area contributed by atoms with Crippen molar-refractivity contribution in [1.29, 1.82) is 0 Å². The van der Waals surface area contributed by atoms with E-state index in [0.717, 1.165) is 5.57 Å². The molecule has 1 spiro atoms. The molecule has 7 aliphatic rings. The number of carbonyl (C=O) groups is 5. The van der Waals surface area contributed by atoms with Crippen LogP contribution in [0.4, 0.5) is 4.79 Å². The largest absolute Gasteiger partial charge is 0.511 e. The van der Waals surface area contributed by atoms with Crippen LogP contribution in [0.15, 0.2) is 58.4 Å². The molecule has 0 radical (unpaired) electrons. The van der Waals surface area contributed by atoms with Crippen LogP contribution in [-0.4, -0.2) is 141 Å². The zero-order chi connectivity index (χ0) is 49.9. The molecule has 7 rings (SSSR count). The van der Waals surface area contributed by atoms with Crippen LogP contribution >= 0.6 is 0 Å². The summed E-state index contributed by atoms with van der Waals surface area (Å²) >= 11 is 0. The molecule has 1 amide bonds. The third-order valence-electron chi connectivity index (χ3n) is 16.0. The summed E-state index contributed by atoms with van der Waals surface area (Å²) < 4.78 is 42.2. The first-order chi connectivity index (χ1) is 31.9. The Morgan fingerprint density at radius 3 is 2.25 bits per heavy atom. The molecule has 4 aliphatic carbocycles. The number of hydrogen-bond donors (Lipinski definition) is 6. The van der Waals surface area contributed by atoms with Gasteiger partial charge in [0.25, 0.3) is 0 Å². The minimum absolute atomic E-state index is 0.00957. The molecule has 19 atom stereocenters. The number of ketones is 1. The second-order valence-corrected chi connectivity index (χ2v) is 20.5. The van der Waals surface area contributed by atoms with Crippen molar-refractivity contribution in [2.75, 3.05) is 7.11 Å². The number of esters is 2. The molecular weight excluding hydrogens is 889 g/mol. The molecule has 3 aliphatic heterocycles. The van der Waals surface area contributed by atoms with E-state index in [4.69, 9.17) is 33.2 Å². The van der Waals surface area contributed by atoms with E-state index >= 15 is 4.79 Å². The summed E-state index contributed by atoms with van der Waals surface area (Å²) in [6.45, 7) is 15.6. The molecule has 0 aromatic carbocycles. The number of Topliss-reactive ketones (excluding diaryl/α,β-unsaturated/α-hetero) is 1. The van der Waals surface area contributed by atoms with Crippen LogP contribution in [0.25, 0.3) is 0 Å². The molecular formula is C49H68N2O17. The van der Waals surface area contributed by atoms with E-state index in [2.05, 4.69) is 19.2 Å². The van der Waals surface area contributed by atoms with E-state index in [1.807, 2.05) is 32.1 Å². The topological polar surface area (TPSA) is 266 Å². The van der Waals surface area contributed by atoms with Crippen molar-refractivity contribution in [2.45, 2.75) is 167 Å². The highest BCUT2D eigenvalue weighted by Gasteiger charge is 2.64. The normalized spacial score (nSPS) is 45.5. The third-order valence-corrected chi connectivity index (χ3v) is 16.0. The Hall–Kier alpha value is -4.31. The lowest BCUT2D eigenvalue weighted by Crippen LogP contribution is -2.68. The van der Waals surface area contributed by atoms with Crippen LogP contribution in [0.2, 0.25) is 0 Å². The van der Waals surface area contributed by atoms with Crippen molar-refractivity contribution < 1.29 is 82.9 Å². The maximum Gasteiger partial charge on any atom is 0.407 e. The lowest BCUT2D eigenvalue weighted by atomic mass is 9.49. The minimum Gasteiger partial charge on any atom is -0.511 e. The number of hydrogen-bond acceptors (Lipinski definition) is 18. The number of aldehydes is 1. The van der Waals surface area contributed by atoms with E-state index in [1.165, 1.54) is 27.0 Å². The smallest absolute Gasteiger partial charge is 0.407 e. The van der Waals surface area contributed by atoms with E-state index in [9.17, 15) is 44.9 Å². The van der Waals surface area contributed by atoms with Crippen LogP contribution in [0.5, 0.6) is 0 Å². The quantitative estimate of drug-likeness (QED) is 0.0490. The Kier molecular flexibility index (Phi) is 14.8. The molecule has 2 bridgehead atoms. The molecule has 0 aromatic heterocycles. The van der Waals surface area contributed by atoms with Gasteiger partial charge in [0.2, 0.25) is 5.78 Å². The number of nitrogens with zero attached hydrogens (tertiary/aromatic N) is 1. The van der Waals surface area contributed by atoms with Crippen molar-refractivity contribution in [2.24, 2.45) is 40.9 Å².